The zero-order chi connectivity index (χ0) is 14.7. The summed E-state index contributed by atoms with van der Waals surface area (Å²) in [6.07, 6.45) is 5.50. The number of hydrogen-bond acceptors (Lipinski definition) is 4. The quantitative estimate of drug-likeness (QED) is 0.800. The highest BCUT2D eigenvalue weighted by molar-refractivity contribution is 7.87. The monoisotopic (exact) mass is 329 g/mol. The van der Waals surface area contributed by atoms with Crippen LogP contribution in [-0.4, -0.2) is 37.9 Å². The Kier molecular flexibility index (Phi) is 4.96. The molecule has 0 radical (unpaired) electrons. The Morgan fingerprint density at radius 1 is 1.29 bits per heavy atom. The molecule has 0 aromatic carbocycles. The SMILES string of the molecule is O=S(=O)(NCc1ccsc1)N1CCCCC1CNC1CC1. The Hall–Kier alpha value is -0.470. The molecule has 2 aliphatic rings. The van der Waals surface area contributed by atoms with Gasteiger partial charge in [-0.2, -0.15) is 28.8 Å². The van der Waals surface area contributed by atoms with Crippen LogP contribution in [0.4, 0.5) is 0 Å². The number of piperidine rings is 1. The molecule has 2 fully saturated rings. The number of hydrogen-bond donors (Lipinski definition) is 2. The summed E-state index contributed by atoms with van der Waals surface area (Å²) in [7, 11) is -3.39. The van der Waals surface area contributed by atoms with E-state index in [1.165, 1.54) is 12.8 Å². The fourth-order valence-corrected chi connectivity index (χ4v) is 4.86. The minimum atomic E-state index is -3.39. The second-order valence-corrected chi connectivity index (χ2v) is 8.39. The molecule has 0 spiro atoms. The lowest BCUT2D eigenvalue weighted by molar-refractivity contribution is 0.242. The van der Waals surface area contributed by atoms with Crippen molar-refractivity contribution in [2.24, 2.45) is 0 Å². The Morgan fingerprint density at radius 2 is 2.14 bits per heavy atom. The van der Waals surface area contributed by atoms with Gasteiger partial charge in [-0.1, -0.05) is 6.42 Å². The summed E-state index contributed by atoms with van der Waals surface area (Å²) in [5.41, 5.74) is 1.02. The Labute approximate surface area is 130 Å². The first-order valence-electron chi connectivity index (χ1n) is 7.66. The molecule has 3 rings (SSSR count). The third kappa shape index (κ3) is 4.26. The van der Waals surface area contributed by atoms with Crippen LogP contribution >= 0.6 is 11.3 Å². The Bertz CT molecular complexity index is 541. The number of nitrogens with zero attached hydrogens (tertiary/aromatic N) is 1. The number of nitrogens with one attached hydrogen (secondary N) is 2. The summed E-state index contributed by atoms with van der Waals surface area (Å²) in [5.74, 6) is 0. The highest BCUT2D eigenvalue weighted by Crippen LogP contribution is 2.23. The summed E-state index contributed by atoms with van der Waals surface area (Å²) in [6, 6.07) is 2.67. The normalized spacial score (nSPS) is 24.3. The number of thiophene rings is 1. The highest BCUT2D eigenvalue weighted by Gasteiger charge is 2.33. The van der Waals surface area contributed by atoms with Crippen LogP contribution in [0.15, 0.2) is 16.8 Å². The molecule has 5 nitrogen and oxygen atoms in total. The van der Waals surface area contributed by atoms with Gasteiger partial charge in [0.2, 0.25) is 0 Å². The first kappa shape index (κ1) is 15.4. The van der Waals surface area contributed by atoms with Crippen LogP contribution in [0, 0.1) is 0 Å². The predicted molar refractivity (Wildman–Crippen MR) is 85.4 cm³/mol. The van der Waals surface area contributed by atoms with Gasteiger partial charge >= 0.3 is 0 Å². The van der Waals surface area contributed by atoms with Gasteiger partial charge in [0.1, 0.15) is 0 Å². The molecule has 2 heterocycles. The van der Waals surface area contributed by atoms with Crippen LogP contribution in [0.3, 0.4) is 0 Å². The van der Waals surface area contributed by atoms with Crippen LogP contribution in [0.5, 0.6) is 0 Å². The van der Waals surface area contributed by atoms with Crippen molar-refractivity contribution in [3.63, 3.8) is 0 Å². The van der Waals surface area contributed by atoms with Crippen molar-refractivity contribution in [2.75, 3.05) is 13.1 Å². The highest BCUT2D eigenvalue weighted by atomic mass is 32.2. The fraction of sp³-hybridized carbons (Fsp3) is 0.714. The molecule has 1 aliphatic carbocycles. The van der Waals surface area contributed by atoms with Crippen LogP contribution in [0.1, 0.15) is 37.7 Å². The molecule has 1 aromatic heterocycles. The zero-order valence-corrected chi connectivity index (χ0v) is 13.8. The lowest BCUT2D eigenvalue weighted by Gasteiger charge is -2.34. The van der Waals surface area contributed by atoms with Gasteiger partial charge in [0.15, 0.2) is 0 Å². The second kappa shape index (κ2) is 6.75. The van der Waals surface area contributed by atoms with E-state index in [4.69, 9.17) is 0 Å². The van der Waals surface area contributed by atoms with E-state index >= 15 is 0 Å². The summed E-state index contributed by atoms with van der Waals surface area (Å²) in [6.45, 7) is 1.80. The minimum absolute atomic E-state index is 0.0966. The molecule has 118 valence electrons. The average Bonchev–Trinajstić information content (AvgIpc) is 3.17. The molecule has 7 heteroatoms. The molecule has 2 N–H and O–H groups in total. The van der Waals surface area contributed by atoms with Gasteiger partial charge in [-0.15, -0.1) is 0 Å². The molecular weight excluding hydrogens is 306 g/mol. The minimum Gasteiger partial charge on any atom is -0.312 e. The first-order chi connectivity index (χ1) is 10.1. The molecule has 0 bridgehead atoms. The molecule has 1 saturated carbocycles. The van der Waals surface area contributed by atoms with E-state index in [1.54, 1.807) is 15.6 Å². The van der Waals surface area contributed by atoms with Crippen LogP contribution in [-0.2, 0) is 16.8 Å². The van der Waals surface area contributed by atoms with Crippen molar-refractivity contribution < 1.29 is 8.42 Å². The second-order valence-electron chi connectivity index (χ2n) is 5.90. The maximum absolute atomic E-state index is 12.5. The van der Waals surface area contributed by atoms with Gasteiger partial charge in [0.05, 0.1) is 0 Å². The van der Waals surface area contributed by atoms with Crippen molar-refractivity contribution in [2.45, 2.75) is 50.7 Å². The van der Waals surface area contributed by atoms with Crippen molar-refractivity contribution >= 4 is 21.5 Å². The predicted octanol–water partition coefficient (Wildman–Crippen LogP) is 1.69. The van der Waals surface area contributed by atoms with Gasteiger partial charge < -0.3 is 5.32 Å². The fourth-order valence-electron chi connectivity index (χ4n) is 2.74. The van der Waals surface area contributed by atoms with E-state index in [2.05, 4.69) is 10.0 Å². The van der Waals surface area contributed by atoms with Gasteiger partial charge in [0, 0.05) is 31.7 Å². The van der Waals surface area contributed by atoms with E-state index < -0.39 is 10.2 Å². The van der Waals surface area contributed by atoms with E-state index in [0.29, 0.717) is 19.1 Å². The van der Waals surface area contributed by atoms with E-state index in [9.17, 15) is 8.42 Å². The largest absolute Gasteiger partial charge is 0.312 e. The molecule has 1 aliphatic heterocycles. The van der Waals surface area contributed by atoms with Gasteiger partial charge in [-0.25, -0.2) is 0 Å². The van der Waals surface area contributed by atoms with E-state index in [1.807, 2.05) is 16.8 Å². The molecule has 1 aromatic rings. The van der Waals surface area contributed by atoms with Gasteiger partial charge in [-0.3, -0.25) is 0 Å². The van der Waals surface area contributed by atoms with Crippen molar-refractivity contribution in [1.29, 1.82) is 0 Å². The van der Waals surface area contributed by atoms with Gasteiger partial charge in [0.25, 0.3) is 10.2 Å². The first-order valence-corrected chi connectivity index (χ1v) is 10.0. The summed E-state index contributed by atoms with van der Waals surface area (Å²) < 4.78 is 29.5. The third-order valence-corrected chi connectivity index (χ3v) is 6.48. The summed E-state index contributed by atoms with van der Waals surface area (Å²) >= 11 is 1.59. The zero-order valence-electron chi connectivity index (χ0n) is 12.1. The maximum atomic E-state index is 12.5. The van der Waals surface area contributed by atoms with Crippen LogP contribution < -0.4 is 10.0 Å². The van der Waals surface area contributed by atoms with E-state index in [0.717, 1.165) is 31.4 Å². The lowest BCUT2D eigenvalue weighted by atomic mass is 10.1. The van der Waals surface area contributed by atoms with Crippen molar-refractivity contribution in [3.8, 4) is 0 Å². The molecule has 1 saturated heterocycles. The van der Waals surface area contributed by atoms with Crippen LogP contribution in [0.2, 0.25) is 0 Å². The molecule has 21 heavy (non-hydrogen) atoms. The Morgan fingerprint density at radius 3 is 2.86 bits per heavy atom. The number of rotatable bonds is 7. The van der Waals surface area contributed by atoms with Crippen molar-refractivity contribution in [3.05, 3.63) is 22.4 Å². The average molecular weight is 329 g/mol. The summed E-state index contributed by atoms with van der Waals surface area (Å²) in [5, 5.41) is 7.41. The van der Waals surface area contributed by atoms with E-state index in [-0.39, 0.29) is 6.04 Å². The third-order valence-electron chi connectivity index (χ3n) is 4.14. The standard InChI is InChI=1S/C14H23N3O2S2/c18-21(19,16-9-12-6-8-20-11-12)17-7-2-1-3-14(17)10-15-13-4-5-13/h6,8,11,13-16H,1-5,7,9-10H2. The van der Waals surface area contributed by atoms with Crippen molar-refractivity contribution in [1.82, 2.24) is 14.3 Å². The van der Waals surface area contributed by atoms with Gasteiger partial charge in [-0.05, 0) is 48.1 Å². The molecule has 1 atom stereocenters. The molecular formula is C14H23N3O2S2. The molecule has 1 unspecified atom stereocenters. The topological polar surface area (TPSA) is 61.4 Å². The Balaban J connectivity index is 1.59. The summed E-state index contributed by atoms with van der Waals surface area (Å²) in [4.78, 5) is 0. The molecule has 0 amide bonds. The van der Waals surface area contributed by atoms with Crippen LogP contribution in [0.25, 0.3) is 0 Å². The maximum Gasteiger partial charge on any atom is 0.280 e. The lowest BCUT2D eigenvalue weighted by Crippen LogP contribution is -2.52. The smallest absolute Gasteiger partial charge is 0.280 e.